The molecule has 1 aromatic carbocycles. The van der Waals surface area contributed by atoms with Crippen LogP contribution in [-0.4, -0.2) is 10.2 Å². The van der Waals surface area contributed by atoms with Gasteiger partial charge in [-0.05, 0) is 24.1 Å². The summed E-state index contributed by atoms with van der Waals surface area (Å²) in [6, 6.07) is 6.53. The van der Waals surface area contributed by atoms with Crippen LogP contribution in [0.5, 0.6) is 0 Å². The molecule has 0 unspecified atom stereocenters. The Morgan fingerprint density at radius 1 is 1.06 bits per heavy atom. The van der Waals surface area contributed by atoms with Gasteiger partial charge in [-0.3, -0.25) is 0 Å². The maximum atomic E-state index is 12.7. The largest absolute Gasteiger partial charge is 0.324 e. The van der Waals surface area contributed by atoms with Crippen LogP contribution in [-0.2, 0) is 19.4 Å². The topological polar surface area (TPSA) is 51.8 Å². The minimum atomic E-state index is -0.204. The minimum absolute atomic E-state index is 0.204. The summed E-state index contributed by atoms with van der Waals surface area (Å²) in [7, 11) is 0. The van der Waals surface area contributed by atoms with Crippen LogP contribution in [0.1, 0.15) is 15.6 Å². The summed E-state index contributed by atoms with van der Waals surface area (Å²) >= 11 is 1.53. The van der Waals surface area contributed by atoms with Crippen molar-refractivity contribution >= 4 is 11.3 Å². The Bertz CT molecular complexity index is 453. The van der Waals surface area contributed by atoms with Gasteiger partial charge in [-0.25, -0.2) is 4.39 Å². The van der Waals surface area contributed by atoms with Gasteiger partial charge in [0.2, 0.25) is 0 Å². The van der Waals surface area contributed by atoms with Gasteiger partial charge in [-0.15, -0.1) is 21.5 Å². The molecule has 0 saturated heterocycles. The van der Waals surface area contributed by atoms with E-state index in [1.54, 1.807) is 12.1 Å². The van der Waals surface area contributed by atoms with E-state index in [0.717, 1.165) is 28.4 Å². The quantitative estimate of drug-likeness (QED) is 0.884. The summed E-state index contributed by atoms with van der Waals surface area (Å²) in [6.07, 6.45) is 1.67. The molecule has 2 aromatic rings. The zero-order valence-electron chi connectivity index (χ0n) is 8.69. The Morgan fingerprint density at radius 3 is 2.38 bits per heavy atom. The molecule has 3 nitrogen and oxygen atoms in total. The highest BCUT2D eigenvalue weighted by Crippen LogP contribution is 2.12. The average molecular weight is 237 g/mol. The monoisotopic (exact) mass is 237 g/mol. The molecule has 5 heteroatoms. The number of hydrogen-bond acceptors (Lipinski definition) is 4. The van der Waals surface area contributed by atoms with E-state index in [4.69, 9.17) is 5.73 Å². The summed E-state index contributed by atoms with van der Waals surface area (Å²) in [6.45, 7) is 0.439. The van der Waals surface area contributed by atoms with Crippen LogP contribution >= 0.6 is 11.3 Å². The fourth-order valence-corrected chi connectivity index (χ4v) is 2.10. The molecule has 0 aliphatic carbocycles. The van der Waals surface area contributed by atoms with Crippen LogP contribution in [0.25, 0.3) is 0 Å². The maximum Gasteiger partial charge on any atom is 0.131 e. The second-order valence-electron chi connectivity index (χ2n) is 3.42. The van der Waals surface area contributed by atoms with Gasteiger partial charge >= 0.3 is 0 Å². The van der Waals surface area contributed by atoms with Gasteiger partial charge in [0.25, 0.3) is 0 Å². The second kappa shape index (κ2) is 5.14. The molecule has 2 N–H and O–H groups in total. The number of benzene rings is 1. The van der Waals surface area contributed by atoms with Gasteiger partial charge < -0.3 is 5.73 Å². The summed E-state index contributed by atoms with van der Waals surface area (Å²) in [5.41, 5.74) is 6.56. The first-order valence-electron chi connectivity index (χ1n) is 5.03. The molecule has 0 amide bonds. The number of aryl methyl sites for hydroxylation is 2. The maximum absolute atomic E-state index is 12.7. The van der Waals surface area contributed by atoms with Crippen molar-refractivity contribution in [2.45, 2.75) is 19.4 Å². The van der Waals surface area contributed by atoms with Gasteiger partial charge in [-0.1, -0.05) is 12.1 Å². The van der Waals surface area contributed by atoms with E-state index in [-0.39, 0.29) is 5.82 Å². The number of rotatable bonds is 4. The molecule has 0 radical (unpaired) electrons. The fraction of sp³-hybridized carbons (Fsp3) is 0.273. The van der Waals surface area contributed by atoms with E-state index in [1.165, 1.54) is 23.5 Å². The van der Waals surface area contributed by atoms with Crippen molar-refractivity contribution in [3.63, 3.8) is 0 Å². The molecule has 1 aromatic heterocycles. The standard InChI is InChI=1S/C11H12FN3S/c12-9-4-1-8(2-5-9)3-6-10-14-15-11(7-13)16-10/h1-2,4-5H,3,6-7,13H2. The number of halogens is 1. The number of aromatic nitrogens is 2. The average Bonchev–Trinajstić information content (AvgIpc) is 2.76. The first-order valence-corrected chi connectivity index (χ1v) is 5.85. The predicted molar refractivity (Wildman–Crippen MR) is 61.6 cm³/mol. The number of hydrogen-bond donors (Lipinski definition) is 1. The Labute approximate surface area is 97.1 Å². The molecule has 16 heavy (non-hydrogen) atoms. The smallest absolute Gasteiger partial charge is 0.131 e. The van der Waals surface area contributed by atoms with Crippen LogP contribution < -0.4 is 5.73 Å². The third kappa shape index (κ3) is 2.84. The zero-order chi connectivity index (χ0) is 11.4. The van der Waals surface area contributed by atoms with Gasteiger partial charge in [0.05, 0.1) is 0 Å². The Kier molecular flexibility index (Phi) is 3.58. The molecule has 0 atom stereocenters. The molecule has 0 bridgehead atoms. The lowest BCUT2D eigenvalue weighted by Gasteiger charge is -1.97. The van der Waals surface area contributed by atoms with E-state index < -0.39 is 0 Å². The van der Waals surface area contributed by atoms with Gasteiger partial charge in [-0.2, -0.15) is 0 Å². The van der Waals surface area contributed by atoms with Crippen molar-refractivity contribution < 1.29 is 4.39 Å². The number of nitrogens with two attached hydrogens (primary N) is 1. The van der Waals surface area contributed by atoms with Gasteiger partial charge in [0.1, 0.15) is 15.8 Å². The lowest BCUT2D eigenvalue weighted by Crippen LogP contribution is -1.94. The highest BCUT2D eigenvalue weighted by atomic mass is 32.1. The van der Waals surface area contributed by atoms with Crippen molar-refractivity contribution in [2.75, 3.05) is 0 Å². The van der Waals surface area contributed by atoms with Crippen molar-refractivity contribution in [3.8, 4) is 0 Å². The van der Waals surface area contributed by atoms with Crippen molar-refractivity contribution in [3.05, 3.63) is 45.7 Å². The lowest BCUT2D eigenvalue weighted by molar-refractivity contribution is 0.627. The van der Waals surface area contributed by atoms with Crippen LogP contribution in [0.2, 0.25) is 0 Å². The van der Waals surface area contributed by atoms with Crippen molar-refractivity contribution in [1.82, 2.24) is 10.2 Å². The van der Waals surface area contributed by atoms with E-state index in [9.17, 15) is 4.39 Å². The third-order valence-electron chi connectivity index (χ3n) is 2.22. The fourth-order valence-electron chi connectivity index (χ4n) is 1.37. The Hall–Kier alpha value is -1.33. The van der Waals surface area contributed by atoms with Crippen LogP contribution in [0.15, 0.2) is 24.3 Å². The zero-order valence-corrected chi connectivity index (χ0v) is 9.51. The molecular weight excluding hydrogens is 225 g/mol. The lowest BCUT2D eigenvalue weighted by atomic mass is 10.1. The highest BCUT2D eigenvalue weighted by Gasteiger charge is 2.03. The van der Waals surface area contributed by atoms with Crippen molar-refractivity contribution in [1.29, 1.82) is 0 Å². The Morgan fingerprint density at radius 2 is 1.75 bits per heavy atom. The molecule has 84 valence electrons. The molecule has 1 heterocycles. The van der Waals surface area contributed by atoms with Crippen LogP contribution in [0.3, 0.4) is 0 Å². The third-order valence-corrected chi connectivity index (χ3v) is 3.23. The normalized spacial score (nSPS) is 10.6. The SMILES string of the molecule is NCc1nnc(CCc2ccc(F)cc2)s1. The van der Waals surface area contributed by atoms with Gasteiger partial charge in [0, 0.05) is 13.0 Å². The predicted octanol–water partition coefficient (Wildman–Crippen LogP) is 1.92. The second-order valence-corrected chi connectivity index (χ2v) is 4.57. The minimum Gasteiger partial charge on any atom is -0.324 e. The molecule has 0 saturated carbocycles. The Balaban J connectivity index is 1.94. The first kappa shape index (κ1) is 11.2. The molecule has 2 rings (SSSR count). The van der Waals surface area contributed by atoms with Crippen LogP contribution in [0, 0.1) is 5.82 Å². The summed E-state index contributed by atoms with van der Waals surface area (Å²) < 4.78 is 12.7. The first-order chi connectivity index (χ1) is 7.78. The summed E-state index contributed by atoms with van der Waals surface area (Å²) in [5, 5.41) is 9.81. The molecule has 0 spiro atoms. The summed E-state index contributed by atoms with van der Waals surface area (Å²) in [4.78, 5) is 0. The summed E-state index contributed by atoms with van der Waals surface area (Å²) in [5.74, 6) is -0.204. The van der Waals surface area contributed by atoms with E-state index in [2.05, 4.69) is 10.2 Å². The van der Waals surface area contributed by atoms with E-state index >= 15 is 0 Å². The number of nitrogens with zero attached hydrogens (tertiary/aromatic N) is 2. The molecular formula is C11H12FN3S. The van der Waals surface area contributed by atoms with Crippen LogP contribution in [0.4, 0.5) is 4.39 Å². The molecule has 0 fully saturated rings. The van der Waals surface area contributed by atoms with E-state index in [1.807, 2.05) is 0 Å². The van der Waals surface area contributed by atoms with Crippen molar-refractivity contribution in [2.24, 2.45) is 5.73 Å². The molecule has 0 aliphatic rings. The van der Waals surface area contributed by atoms with Gasteiger partial charge in [0.15, 0.2) is 0 Å². The van der Waals surface area contributed by atoms with E-state index in [0.29, 0.717) is 6.54 Å². The highest BCUT2D eigenvalue weighted by molar-refractivity contribution is 7.11. The molecule has 0 aliphatic heterocycles.